The van der Waals surface area contributed by atoms with Crippen molar-refractivity contribution in [1.82, 2.24) is 4.98 Å². The highest BCUT2D eigenvalue weighted by atomic mass is 32.2. The molecule has 0 amide bonds. The van der Waals surface area contributed by atoms with E-state index in [0.29, 0.717) is 11.6 Å². The number of aromatic nitrogens is 1. The summed E-state index contributed by atoms with van der Waals surface area (Å²) in [5.41, 5.74) is 1.79. The number of nitrogens with zero attached hydrogens (tertiary/aromatic N) is 1. The Balaban J connectivity index is 2.26. The van der Waals surface area contributed by atoms with Crippen LogP contribution in [-0.4, -0.2) is 10.1 Å². The van der Waals surface area contributed by atoms with Gasteiger partial charge in [-0.2, -0.15) is 0 Å². The van der Waals surface area contributed by atoms with Gasteiger partial charge in [0.1, 0.15) is 6.26 Å². The average Bonchev–Trinajstić information content (AvgIpc) is 2.74. The van der Waals surface area contributed by atoms with Crippen molar-refractivity contribution in [2.24, 2.45) is 0 Å². The molecule has 1 aromatic carbocycles. The maximum Gasteiger partial charge on any atom is 0.260 e. The molecule has 0 aliphatic heterocycles. The molecule has 4 heteroatoms. The SMILES string of the molecule is CC[C@@H](O)c1ccccc1Sc1nc(C)co1. The summed E-state index contributed by atoms with van der Waals surface area (Å²) in [5.74, 6) is 0. The number of rotatable bonds is 4. The van der Waals surface area contributed by atoms with Gasteiger partial charge in [0.25, 0.3) is 5.22 Å². The number of hydrogen-bond donors (Lipinski definition) is 1. The summed E-state index contributed by atoms with van der Waals surface area (Å²) in [4.78, 5) is 5.24. The van der Waals surface area contributed by atoms with Gasteiger partial charge in [-0.1, -0.05) is 25.1 Å². The number of oxazole rings is 1. The van der Waals surface area contributed by atoms with Crippen molar-refractivity contribution < 1.29 is 9.52 Å². The highest BCUT2D eigenvalue weighted by Gasteiger charge is 2.12. The molecule has 0 aliphatic carbocycles. The Morgan fingerprint density at radius 1 is 1.41 bits per heavy atom. The third-order valence-corrected chi connectivity index (χ3v) is 3.41. The Labute approximate surface area is 105 Å². The van der Waals surface area contributed by atoms with E-state index in [0.717, 1.165) is 16.2 Å². The zero-order chi connectivity index (χ0) is 12.3. The van der Waals surface area contributed by atoms with Crippen molar-refractivity contribution in [2.45, 2.75) is 36.5 Å². The predicted octanol–water partition coefficient (Wildman–Crippen LogP) is 3.58. The van der Waals surface area contributed by atoms with E-state index in [2.05, 4.69) is 4.98 Å². The normalized spacial score (nSPS) is 12.6. The van der Waals surface area contributed by atoms with Gasteiger partial charge in [0, 0.05) is 4.90 Å². The van der Waals surface area contributed by atoms with Crippen LogP contribution in [0.3, 0.4) is 0 Å². The van der Waals surface area contributed by atoms with Crippen LogP contribution in [0, 0.1) is 6.92 Å². The summed E-state index contributed by atoms with van der Waals surface area (Å²) in [6.07, 6.45) is 1.89. The molecule has 1 N–H and O–H groups in total. The molecular formula is C13H15NO2S. The van der Waals surface area contributed by atoms with Crippen molar-refractivity contribution in [3.05, 3.63) is 41.8 Å². The fourth-order valence-corrected chi connectivity index (χ4v) is 2.48. The van der Waals surface area contributed by atoms with E-state index < -0.39 is 6.10 Å². The molecule has 0 saturated heterocycles. The van der Waals surface area contributed by atoms with Gasteiger partial charge in [0.05, 0.1) is 11.8 Å². The van der Waals surface area contributed by atoms with Crippen molar-refractivity contribution in [3.8, 4) is 0 Å². The third kappa shape index (κ3) is 2.90. The second-order valence-corrected chi connectivity index (χ2v) is 4.81. The van der Waals surface area contributed by atoms with Crippen LogP contribution in [0.15, 0.2) is 45.1 Å². The summed E-state index contributed by atoms with van der Waals surface area (Å²) >= 11 is 1.44. The van der Waals surface area contributed by atoms with Crippen molar-refractivity contribution >= 4 is 11.8 Å². The van der Waals surface area contributed by atoms with Crippen molar-refractivity contribution in [2.75, 3.05) is 0 Å². The molecule has 0 unspecified atom stereocenters. The molecule has 1 aromatic heterocycles. The van der Waals surface area contributed by atoms with Crippen molar-refractivity contribution in [3.63, 3.8) is 0 Å². The first-order valence-electron chi connectivity index (χ1n) is 5.57. The van der Waals surface area contributed by atoms with Gasteiger partial charge in [-0.05, 0) is 36.7 Å². The van der Waals surface area contributed by atoms with Gasteiger partial charge < -0.3 is 9.52 Å². The second-order valence-electron chi connectivity index (χ2n) is 3.82. The monoisotopic (exact) mass is 249 g/mol. The molecule has 1 atom stereocenters. The van der Waals surface area contributed by atoms with Crippen LogP contribution in [-0.2, 0) is 0 Å². The molecule has 0 bridgehead atoms. The van der Waals surface area contributed by atoms with E-state index in [1.165, 1.54) is 11.8 Å². The lowest BCUT2D eigenvalue weighted by Gasteiger charge is -2.11. The summed E-state index contributed by atoms with van der Waals surface area (Å²) in [6, 6.07) is 7.79. The second kappa shape index (κ2) is 5.38. The molecule has 2 aromatic rings. The minimum Gasteiger partial charge on any atom is -0.439 e. The van der Waals surface area contributed by atoms with Gasteiger partial charge in [0.2, 0.25) is 0 Å². The topological polar surface area (TPSA) is 46.3 Å². The van der Waals surface area contributed by atoms with Crippen molar-refractivity contribution in [1.29, 1.82) is 0 Å². The number of hydrogen-bond acceptors (Lipinski definition) is 4. The summed E-state index contributed by atoms with van der Waals surface area (Å²) in [7, 11) is 0. The maximum atomic E-state index is 9.93. The van der Waals surface area contributed by atoms with E-state index in [9.17, 15) is 5.11 Å². The first kappa shape index (κ1) is 12.2. The lowest BCUT2D eigenvalue weighted by atomic mass is 10.1. The number of aliphatic hydroxyl groups is 1. The predicted molar refractivity (Wildman–Crippen MR) is 67.1 cm³/mol. The van der Waals surface area contributed by atoms with E-state index in [1.54, 1.807) is 6.26 Å². The Bertz CT molecular complexity index is 496. The van der Waals surface area contributed by atoms with Crippen LogP contribution in [0.2, 0.25) is 0 Å². The minimum absolute atomic E-state index is 0.435. The van der Waals surface area contributed by atoms with Gasteiger partial charge >= 0.3 is 0 Å². The Hall–Kier alpha value is -1.26. The first-order valence-corrected chi connectivity index (χ1v) is 6.39. The Morgan fingerprint density at radius 3 is 2.82 bits per heavy atom. The van der Waals surface area contributed by atoms with Crippen LogP contribution in [0.1, 0.15) is 30.7 Å². The highest BCUT2D eigenvalue weighted by molar-refractivity contribution is 7.99. The highest BCUT2D eigenvalue weighted by Crippen LogP contribution is 2.33. The van der Waals surface area contributed by atoms with Gasteiger partial charge in [-0.25, -0.2) is 4.98 Å². The number of aryl methyl sites for hydroxylation is 1. The number of benzene rings is 1. The fraction of sp³-hybridized carbons (Fsp3) is 0.308. The van der Waals surface area contributed by atoms with Gasteiger partial charge in [0.15, 0.2) is 0 Å². The van der Waals surface area contributed by atoms with Gasteiger partial charge in [-0.3, -0.25) is 0 Å². The molecule has 90 valence electrons. The zero-order valence-corrected chi connectivity index (χ0v) is 10.7. The standard InChI is InChI=1S/C13H15NO2S/c1-3-11(15)10-6-4-5-7-12(10)17-13-14-9(2)8-16-13/h4-8,11,15H,3H2,1-2H3/t11-/m1/s1. The van der Waals surface area contributed by atoms with Crippen LogP contribution in [0.4, 0.5) is 0 Å². The lowest BCUT2D eigenvalue weighted by molar-refractivity contribution is 0.171. The maximum absolute atomic E-state index is 9.93. The van der Waals surface area contributed by atoms with Crippen LogP contribution in [0.5, 0.6) is 0 Å². The van der Waals surface area contributed by atoms with Crippen LogP contribution >= 0.6 is 11.8 Å². The first-order chi connectivity index (χ1) is 8.20. The zero-order valence-electron chi connectivity index (χ0n) is 9.88. The molecule has 0 fully saturated rings. The van der Waals surface area contributed by atoms with E-state index >= 15 is 0 Å². The smallest absolute Gasteiger partial charge is 0.260 e. The van der Waals surface area contributed by atoms with Gasteiger partial charge in [-0.15, -0.1) is 0 Å². The summed E-state index contributed by atoms with van der Waals surface area (Å²) in [5, 5.41) is 10.5. The quantitative estimate of drug-likeness (QED) is 0.899. The van der Waals surface area contributed by atoms with Crippen LogP contribution < -0.4 is 0 Å². The third-order valence-electron chi connectivity index (χ3n) is 2.46. The Morgan fingerprint density at radius 2 is 2.18 bits per heavy atom. The molecule has 0 radical (unpaired) electrons. The van der Waals surface area contributed by atoms with E-state index in [1.807, 2.05) is 38.1 Å². The molecule has 0 aliphatic rings. The molecule has 0 spiro atoms. The molecule has 1 heterocycles. The summed E-state index contributed by atoms with van der Waals surface area (Å²) in [6.45, 7) is 3.85. The van der Waals surface area contributed by atoms with E-state index in [4.69, 9.17) is 4.42 Å². The molecule has 0 saturated carbocycles. The van der Waals surface area contributed by atoms with E-state index in [-0.39, 0.29) is 0 Å². The summed E-state index contributed by atoms with van der Waals surface area (Å²) < 4.78 is 5.31. The lowest BCUT2D eigenvalue weighted by Crippen LogP contribution is -1.97. The minimum atomic E-state index is -0.435. The molecule has 3 nitrogen and oxygen atoms in total. The molecule has 17 heavy (non-hydrogen) atoms. The average molecular weight is 249 g/mol. The molecule has 2 rings (SSSR count). The molecular weight excluding hydrogens is 234 g/mol. The largest absolute Gasteiger partial charge is 0.439 e. The van der Waals surface area contributed by atoms with Crippen LogP contribution in [0.25, 0.3) is 0 Å². The Kier molecular flexibility index (Phi) is 3.86. The number of aliphatic hydroxyl groups excluding tert-OH is 1. The fourth-order valence-electron chi connectivity index (χ4n) is 1.54.